The summed E-state index contributed by atoms with van der Waals surface area (Å²) in [5, 5.41) is 4.27. The number of hydrogen-bond acceptors (Lipinski definition) is 2. The molecule has 1 aliphatic rings. The number of anilines is 1. The lowest BCUT2D eigenvalue weighted by Crippen LogP contribution is -3.00. The van der Waals surface area contributed by atoms with E-state index in [4.69, 9.17) is 0 Å². The summed E-state index contributed by atoms with van der Waals surface area (Å²) in [7, 11) is 0. The molecule has 22 heavy (non-hydrogen) atoms. The van der Waals surface area contributed by atoms with Crippen LogP contribution in [0.25, 0.3) is 5.69 Å². The van der Waals surface area contributed by atoms with Crippen LogP contribution in [0.1, 0.15) is 13.8 Å². The van der Waals surface area contributed by atoms with Gasteiger partial charge in [0.25, 0.3) is 0 Å². The second kappa shape index (κ2) is 7.46. The molecule has 0 saturated carbocycles. The van der Waals surface area contributed by atoms with Crippen LogP contribution in [0.3, 0.4) is 0 Å². The normalized spacial score (nSPS) is 17.1. The van der Waals surface area contributed by atoms with Gasteiger partial charge in [0.05, 0.1) is 45.0 Å². The fourth-order valence-electron chi connectivity index (χ4n) is 3.24. The van der Waals surface area contributed by atoms with Crippen molar-refractivity contribution in [2.45, 2.75) is 13.8 Å². The standard InChI is InChI=1S/C17H25N4.HI/c1-3-21(4-2)14-12-19(13-15-21)16-6-8-17(9-7-16)20-11-5-10-18-20;/h5-11H,3-4,12-15H2,1-2H3;1H/q+1;/p-1. The van der Waals surface area contributed by atoms with Crippen molar-refractivity contribution in [3.8, 4) is 5.69 Å². The molecule has 0 N–H and O–H groups in total. The first kappa shape index (κ1) is 17.3. The van der Waals surface area contributed by atoms with Gasteiger partial charge in [-0.25, -0.2) is 4.68 Å². The quantitative estimate of drug-likeness (QED) is 0.502. The van der Waals surface area contributed by atoms with Crippen molar-refractivity contribution >= 4 is 5.69 Å². The fourth-order valence-corrected chi connectivity index (χ4v) is 3.24. The number of halogens is 1. The van der Waals surface area contributed by atoms with Crippen molar-refractivity contribution < 1.29 is 28.5 Å². The van der Waals surface area contributed by atoms with Crippen molar-refractivity contribution in [1.82, 2.24) is 9.78 Å². The Kier molecular flexibility index (Phi) is 5.86. The topological polar surface area (TPSA) is 21.1 Å². The first-order chi connectivity index (χ1) is 10.3. The Hall–Kier alpha value is -1.08. The van der Waals surface area contributed by atoms with E-state index in [0.717, 1.165) is 18.8 Å². The van der Waals surface area contributed by atoms with Crippen LogP contribution in [-0.4, -0.2) is 53.5 Å². The van der Waals surface area contributed by atoms with Crippen LogP contribution in [0.2, 0.25) is 0 Å². The van der Waals surface area contributed by atoms with Gasteiger partial charge in [-0.3, -0.25) is 0 Å². The molecule has 0 radical (unpaired) electrons. The van der Waals surface area contributed by atoms with Crippen molar-refractivity contribution in [2.24, 2.45) is 0 Å². The lowest BCUT2D eigenvalue weighted by molar-refractivity contribution is -0.925. The maximum atomic E-state index is 4.27. The predicted octanol–water partition coefficient (Wildman–Crippen LogP) is -0.447. The molecule has 0 bridgehead atoms. The van der Waals surface area contributed by atoms with Crippen molar-refractivity contribution in [3.05, 3.63) is 42.7 Å². The molecule has 2 aromatic rings. The highest BCUT2D eigenvalue weighted by atomic mass is 127. The molecule has 0 spiro atoms. The number of piperazine rings is 1. The molecule has 1 saturated heterocycles. The van der Waals surface area contributed by atoms with Gasteiger partial charge in [-0.2, -0.15) is 5.10 Å². The Morgan fingerprint density at radius 1 is 1.00 bits per heavy atom. The average Bonchev–Trinajstić information content (AvgIpc) is 3.10. The number of rotatable bonds is 4. The van der Waals surface area contributed by atoms with Gasteiger partial charge in [-0.1, -0.05) is 0 Å². The first-order valence-electron chi connectivity index (χ1n) is 7.96. The number of nitrogens with zero attached hydrogens (tertiary/aromatic N) is 4. The van der Waals surface area contributed by atoms with E-state index < -0.39 is 0 Å². The summed E-state index contributed by atoms with van der Waals surface area (Å²) in [5.41, 5.74) is 2.45. The van der Waals surface area contributed by atoms with Crippen LogP contribution in [0.5, 0.6) is 0 Å². The number of benzene rings is 1. The molecule has 1 fully saturated rings. The molecule has 3 rings (SSSR count). The summed E-state index contributed by atoms with van der Waals surface area (Å²) in [6.07, 6.45) is 3.79. The predicted molar refractivity (Wildman–Crippen MR) is 86.9 cm³/mol. The number of likely N-dealkylation sites (N-methyl/N-ethyl adjacent to an activating group) is 1. The second-order valence-corrected chi connectivity index (χ2v) is 5.88. The van der Waals surface area contributed by atoms with E-state index in [2.05, 4.69) is 48.1 Å². The highest BCUT2D eigenvalue weighted by Crippen LogP contribution is 2.21. The van der Waals surface area contributed by atoms with E-state index >= 15 is 0 Å². The monoisotopic (exact) mass is 412 g/mol. The SMILES string of the molecule is CC[N+]1(CC)CCN(c2ccc(-n3cccn3)cc2)CC1.[I-]. The van der Waals surface area contributed by atoms with E-state index in [1.165, 1.54) is 36.3 Å². The minimum atomic E-state index is 0. The molecule has 1 aromatic heterocycles. The Morgan fingerprint density at radius 3 is 2.09 bits per heavy atom. The van der Waals surface area contributed by atoms with E-state index in [9.17, 15) is 0 Å². The minimum Gasteiger partial charge on any atom is -1.00 e. The van der Waals surface area contributed by atoms with Gasteiger partial charge in [0, 0.05) is 18.1 Å². The molecule has 0 atom stereocenters. The summed E-state index contributed by atoms with van der Waals surface area (Å²) < 4.78 is 3.16. The largest absolute Gasteiger partial charge is 1.00 e. The zero-order valence-corrected chi connectivity index (χ0v) is 15.6. The highest BCUT2D eigenvalue weighted by molar-refractivity contribution is 5.51. The molecule has 1 aliphatic heterocycles. The summed E-state index contributed by atoms with van der Waals surface area (Å²) in [4.78, 5) is 2.51. The zero-order valence-electron chi connectivity index (χ0n) is 13.5. The van der Waals surface area contributed by atoms with Gasteiger partial charge in [-0.05, 0) is 44.2 Å². The maximum Gasteiger partial charge on any atom is 0.0965 e. The van der Waals surface area contributed by atoms with Crippen LogP contribution in [0.15, 0.2) is 42.7 Å². The average molecular weight is 412 g/mol. The van der Waals surface area contributed by atoms with Gasteiger partial charge >= 0.3 is 0 Å². The molecule has 2 heterocycles. The first-order valence-corrected chi connectivity index (χ1v) is 7.96. The Bertz CT molecular complexity index is 551. The summed E-state index contributed by atoms with van der Waals surface area (Å²) in [6, 6.07) is 10.7. The fraction of sp³-hybridized carbons (Fsp3) is 0.471. The Labute approximate surface area is 150 Å². The summed E-state index contributed by atoms with van der Waals surface area (Å²) in [6.45, 7) is 12.0. The van der Waals surface area contributed by atoms with Crippen LogP contribution in [0, 0.1) is 0 Å². The van der Waals surface area contributed by atoms with Crippen LogP contribution < -0.4 is 28.9 Å². The third-order valence-electron chi connectivity index (χ3n) is 5.01. The van der Waals surface area contributed by atoms with Gasteiger partial charge in [0.1, 0.15) is 0 Å². The van der Waals surface area contributed by atoms with Crippen LogP contribution >= 0.6 is 0 Å². The molecule has 1 aromatic carbocycles. The lowest BCUT2D eigenvalue weighted by atomic mass is 10.2. The molecule has 4 nitrogen and oxygen atoms in total. The second-order valence-electron chi connectivity index (χ2n) is 5.88. The Balaban J connectivity index is 0.00000176. The van der Waals surface area contributed by atoms with Gasteiger partial charge in [0.15, 0.2) is 0 Å². The Morgan fingerprint density at radius 2 is 1.59 bits per heavy atom. The molecular weight excluding hydrogens is 387 g/mol. The summed E-state index contributed by atoms with van der Waals surface area (Å²) >= 11 is 0. The molecule has 0 amide bonds. The lowest BCUT2D eigenvalue weighted by Gasteiger charge is -2.44. The van der Waals surface area contributed by atoms with Gasteiger partial charge in [0.2, 0.25) is 0 Å². The van der Waals surface area contributed by atoms with Crippen molar-refractivity contribution in [2.75, 3.05) is 44.2 Å². The minimum absolute atomic E-state index is 0. The van der Waals surface area contributed by atoms with Gasteiger partial charge < -0.3 is 33.4 Å². The van der Waals surface area contributed by atoms with Crippen molar-refractivity contribution in [3.63, 3.8) is 0 Å². The van der Waals surface area contributed by atoms with Gasteiger partial charge in [-0.15, -0.1) is 0 Å². The molecular formula is C17H25IN4. The zero-order chi connectivity index (χ0) is 14.7. The number of quaternary nitrogens is 1. The van der Waals surface area contributed by atoms with E-state index in [-0.39, 0.29) is 24.0 Å². The third kappa shape index (κ3) is 3.46. The molecule has 5 heteroatoms. The van der Waals surface area contributed by atoms with E-state index in [0.29, 0.717) is 0 Å². The smallest absolute Gasteiger partial charge is 0.0965 e. The molecule has 120 valence electrons. The van der Waals surface area contributed by atoms with E-state index in [1.807, 2.05) is 23.1 Å². The van der Waals surface area contributed by atoms with Crippen LogP contribution in [0.4, 0.5) is 5.69 Å². The van der Waals surface area contributed by atoms with Crippen molar-refractivity contribution in [1.29, 1.82) is 0 Å². The molecule has 0 aliphatic carbocycles. The number of hydrogen-bond donors (Lipinski definition) is 0. The molecule has 0 unspecified atom stereocenters. The number of aromatic nitrogens is 2. The van der Waals surface area contributed by atoms with E-state index in [1.54, 1.807) is 0 Å². The third-order valence-corrected chi connectivity index (χ3v) is 5.01. The maximum absolute atomic E-state index is 4.27. The highest BCUT2D eigenvalue weighted by Gasteiger charge is 2.29. The summed E-state index contributed by atoms with van der Waals surface area (Å²) in [5.74, 6) is 0. The van der Waals surface area contributed by atoms with Crippen LogP contribution in [-0.2, 0) is 0 Å².